The standard InChI is InChI=1S/C27H29N7O3/c1-5-23-28-22-15-16-33(17(3)35)27(4,26(36)37-6-2)24(22)34(23)19-13-11-18(12-14-19)20-9-7-8-10-21(20)25-29-31-32-30-25/h7-14H,5-6,15-16H2,1-4H3,(H,29,30,31,32). The topological polar surface area (TPSA) is 119 Å². The van der Waals surface area contributed by atoms with Crippen LogP contribution >= 0.6 is 0 Å². The van der Waals surface area contributed by atoms with Gasteiger partial charge in [0.05, 0.1) is 18.0 Å². The van der Waals surface area contributed by atoms with Crippen molar-refractivity contribution in [2.45, 2.75) is 46.1 Å². The zero-order valence-corrected chi connectivity index (χ0v) is 21.4. The Hall–Kier alpha value is -4.34. The van der Waals surface area contributed by atoms with Gasteiger partial charge >= 0.3 is 5.97 Å². The number of hydrogen-bond acceptors (Lipinski definition) is 7. The molecule has 4 aromatic rings. The molecule has 0 radical (unpaired) electrons. The van der Waals surface area contributed by atoms with Gasteiger partial charge in [-0.15, -0.1) is 5.10 Å². The van der Waals surface area contributed by atoms with Gasteiger partial charge < -0.3 is 9.64 Å². The number of esters is 1. The maximum Gasteiger partial charge on any atom is 0.338 e. The summed E-state index contributed by atoms with van der Waals surface area (Å²) in [7, 11) is 0. The maximum atomic E-state index is 13.4. The Balaban J connectivity index is 1.64. The number of hydrogen-bond donors (Lipinski definition) is 1. The third-order valence-electron chi connectivity index (χ3n) is 6.93. The maximum absolute atomic E-state index is 13.4. The fraction of sp³-hybridized carbons (Fsp3) is 0.333. The van der Waals surface area contributed by atoms with Crippen LogP contribution in [-0.2, 0) is 32.7 Å². The van der Waals surface area contributed by atoms with Crippen LogP contribution in [0.3, 0.4) is 0 Å². The smallest absolute Gasteiger partial charge is 0.338 e. The number of aryl methyl sites for hydroxylation is 1. The molecule has 1 N–H and O–H groups in total. The molecule has 1 aliphatic heterocycles. The fourth-order valence-electron chi connectivity index (χ4n) is 5.23. The minimum absolute atomic E-state index is 0.180. The number of H-pyrrole nitrogens is 1. The van der Waals surface area contributed by atoms with Gasteiger partial charge in [-0.2, -0.15) is 0 Å². The van der Waals surface area contributed by atoms with Gasteiger partial charge in [0.15, 0.2) is 11.4 Å². The first-order chi connectivity index (χ1) is 17.9. The number of nitrogens with zero attached hydrogens (tertiary/aromatic N) is 6. The van der Waals surface area contributed by atoms with E-state index < -0.39 is 11.5 Å². The summed E-state index contributed by atoms with van der Waals surface area (Å²) in [6.07, 6.45) is 1.23. The van der Waals surface area contributed by atoms with Crippen LogP contribution in [-0.4, -0.2) is 60.1 Å². The van der Waals surface area contributed by atoms with Crippen LogP contribution in [0.25, 0.3) is 28.2 Å². The molecule has 190 valence electrons. The van der Waals surface area contributed by atoms with E-state index in [4.69, 9.17) is 9.72 Å². The van der Waals surface area contributed by atoms with Crippen molar-refractivity contribution in [1.82, 2.24) is 35.1 Å². The lowest BCUT2D eigenvalue weighted by molar-refractivity contribution is -0.164. The first kappa shape index (κ1) is 24.4. The second-order valence-electron chi connectivity index (χ2n) is 9.07. The van der Waals surface area contributed by atoms with Crippen molar-refractivity contribution >= 4 is 11.9 Å². The SMILES string of the molecule is CCOC(=O)C1(C)c2c(nc(CC)n2-c2ccc(-c3ccccc3-c3nnn[nH]3)cc2)CCN1C(C)=O. The highest BCUT2D eigenvalue weighted by Crippen LogP contribution is 2.39. The van der Waals surface area contributed by atoms with E-state index in [1.54, 1.807) is 18.7 Å². The second-order valence-corrected chi connectivity index (χ2v) is 9.07. The zero-order valence-electron chi connectivity index (χ0n) is 21.4. The molecule has 0 fully saturated rings. The third-order valence-corrected chi connectivity index (χ3v) is 6.93. The molecule has 1 aliphatic rings. The van der Waals surface area contributed by atoms with Crippen molar-refractivity contribution in [2.24, 2.45) is 0 Å². The number of benzene rings is 2. The summed E-state index contributed by atoms with van der Waals surface area (Å²) in [5, 5.41) is 14.3. The predicted molar refractivity (Wildman–Crippen MR) is 137 cm³/mol. The molecule has 3 heterocycles. The van der Waals surface area contributed by atoms with E-state index in [2.05, 4.69) is 20.6 Å². The van der Waals surface area contributed by atoms with Crippen LogP contribution in [0.5, 0.6) is 0 Å². The number of carbonyl (C=O) groups excluding carboxylic acids is 2. The van der Waals surface area contributed by atoms with Crippen molar-refractivity contribution in [2.75, 3.05) is 13.2 Å². The molecule has 0 spiro atoms. The third kappa shape index (κ3) is 3.98. The highest BCUT2D eigenvalue weighted by atomic mass is 16.5. The first-order valence-electron chi connectivity index (χ1n) is 12.4. The number of imidazole rings is 1. The molecule has 0 aliphatic carbocycles. The van der Waals surface area contributed by atoms with Crippen LogP contribution in [0, 0.1) is 0 Å². The highest BCUT2D eigenvalue weighted by Gasteiger charge is 2.51. The van der Waals surface area contributed by atoms with Gasteiger partial charge in [-0.1, -0.05) is 43.3 Å². The zero-order chi connectivity index (χ0) is 26.2. The van der Waals surface area contributed by atoms with Gasteiger partial charge in [0.2, 0.25) is 5.91 Å². The molecule has 2 aromatic carbocycles. The van der Waals surface area contributed by atoms with Crippen molar-refractivity contribution in [3.8, 4) is 28.2 Å². The molecule has 0 bridgehead atoms. The number of aromatic nitrogens is 6. The summed E-state index contributed by atoms with van der Waals surface area (Å²) in [4.78, 5) is 32.5. The van der Waals surface area contributed by atoms with Crippen molar-refractivity contribution in [3.05, 3.63) is 65.7 Å². The Morgan fingerprint density at radius 3 is 2.43 bits per heavy atom. The number of rotatable bonds is 6. The summed E-state index contributed by atoms with van der Waals surface area (Å²) in [5.74, 6) is 0.778. The molecular formula is C27H29N7O3. The predicted octanol–water partition coefficient (Wildman–Crippen LogP) is 3.46. The van der Waals surface area contributed by atoms with E-state index in [0.29, 0.717) is 30.9 Å². The average Bonchev–Trinajstić information content (AvgIpc) is 3.58. The number of nitrogens with one attached hydrogen (secondary N) is 1. The van der Waals surface area contributed by atoms with Gasteiger partial charge in [-0.05, 0) is 47.5 Å². The Bertz CT molecular complexity index is 1440. The molecule has 10 nitrogen and oxygen atoms in total. The van der Waals surface area contributed by atoms with Crippen LogP contribution in [0.1, 0.15) is 44.9 Å². The molecule has 2 aromatic heterocycles. The Labute approximate surface area is 214 Å². The van der Waals surface area contributed by atoms with Crippen LogP contribution in [0.2, 0.25) is 0 Å². The van der Waals surface area contributed by atoms with Gasteiger partial charge in [-0.25, -0.2) is 14.9 Å². The molecule has 1 unspecified atom stereocenters. The number of ether oxygens (including phenoxy) is 1. The quantitative estimate of drug-likeness (QED) is 0.404. The number of amides is 1. The molecular weight excluding hydrogens is 470 g/mol. The number of fused-ring (bicyclic) bond motifs is 1. The van der Waals surface area contributed by atoms with E-state index in [0.717, 1.165) is 33.9 Å². The second kappa shape index (κ2) is 9.61. The average molecular weight is 500 g/mol. The Kier molecular flexibility index (Phi) is 6.32. The normalized spacial score (nSPS) is 16.9. The summed E-state index contributed by atoms with van der Waals surface area (Å²) < 4.78 is 7.50. The van der Waals surface area contributed by atoms with Gasteiger partial charge in [0.1, 0.15) is 5.82 Å². The lowest BCUT2D eigenvalue weighted by Gasteiger charge is -2.42. The number of aromatic amines is 1. The molecule has 1 amide bonds. The summed E-state index contributed by atoms with van der Waals surface area (Å²) in [6.45, 7) is 7.68. The minimum atomic E-state index is -1.29. The van der Waals surface area contributed by atoms with Crippen LogP contribution in [0.4, 0.5) is 0 Å². The lowest BCUT2D eigenvalue weighted by atomic mass is 9.88. The largest absolute Gasteiger partial charge is 0.464 e. The van der Waals surface area contributed by atoms with Crippen molar-refractivity contribution in [3.63, 3.8) is 0 Å². The van der Waals surface area contributed by atoms with E-state index in [1.807, 2.05) is 60.0 Å². The summed E-state index contributed by atoms with van der Waals surface area (Å²) >= 11 is 0. The van der Waals surface area contributed by atoms with E-state index in [9.17, 15) is 9.59 Å². The number of carbonyl (C=O) groups is 2. The van der Waals surface area contributed by atoms with Crippen LogP contribution < -0.4 is 0 Å². The molecule has 37 heavy (non-hydrogen) atoms. The highest BCUT2D eigenvalue weighted by molar-refractivity contribution is 5.89. The molecule has 0 saturated heterocycles. The minimum Gasteiger partial charge on any atom is -0.464 e. The fourth-order valence-corrected chi connectivity index (χ4v) is 5.23. The monoisotopic (exact) mass is 499 g/mol. The van der Waals surface area contributed by atoms with Crippen molar-refractivity contribution in [1.29, 1.82) is 0 Å². The molecule has 10 heteroatoms. The Morgan fingerprint density at radius 2 is 1.81 bits per heavy atom. The van der Waals surface area contributed by atoms with E-state index in [1.165, 1.54) is 6.92 Å². The lowest BCUT2D eigenvalue weighted by Crippen LogP contribution is -2.57. The van der Waals surface area contributed by atoms with E-state index in [-0.39, 0.29) is 12.5 Å². The molecule has 0 saturated carbocycles. The van der Waals surface area contributed by atoms with E-state index >= 15 is 0 Å². The Morgan fingerprint density at radius 1 is 1.08 bits per heavy atom. The first-order valence-corrected chi connectivity index (χ1v) is 12.4. The van der Waals surface area contributed by atoms with Gasteiger partial charge in [-0.3, -0.25) is 9.36 Å². The molecule has 1 atom stereocenters. The van der Waals surface area contributed by atoms with Gasteiger partial charge in [0.25, 0.3) is 0 Å². The summed E-state index contributed by atoms with van der Waals surface area (Å²) in [6, 6.07) is 16.0. The summed E-state index contributed by atoms with van der Waals surface area (Å²) in [5.41, 5.74) is 3.93. The van der Waals surface area contributed by atoms with Crippen LogP contribution in [0.15, 0.2) is 48.5 Å². The van der Waals surface area contributed by atoms with Crippen molar-refractivity contribution < 1.29 is 14.3 Å². The van der Waals surface area contributed by atoms with Gasteiger partial charge in [0, 0.05) is 37.6 Å². The molecule has 5 rings (SSSR count). The number of tetrazole rings is 1.